The predicted octanol–water partition coefficient (Wildman–Crippen LogP) is 1.43. The van der Waals surface area contributed by atoms with Gasteiger partial charge in [-0.25, -0.2) is 9.37 Å². The molecule has 1 unspecified atom stereocenters. The molecule has 0 bridgehead atoms. The average molecular weight is 255 g/mol. The summed E-state index contributed by atoms with van der Waals surface area (Å²) in [6, 6.07) is 1.34. The lowest BCUT2D eigenvalue weighted by atomic mass is 10.2. The van der Waals surface area contributed by atoms with Crippen LogP contribution < -0.4 is 11.1 Å². The number of hydrogen-bond acceptors (Lipinski definition) is 4. The Morgan fingerprint density at radius 2 is 2.53 bits per heavy atom. The SMILES string of the molecule is Nc1nccc(C(=O)NCC2CCCS2)c1F. The minimum Gasteiger partial charge on any atom is -0.381 e. The van der Waals surface area contributed by atoms with Gasteiger partial charge in [-0.3, -0.25) is 4.79 Å². The molecule has 2 heterocycles. The lowest BCUT2D eigenvalue weighted by Gasteiger charge is -2.10. The Balaban J connectivity index is 1.97. The first-order valence-electron chi connectivity index (χ1n) is 5.48. The Kier molecular flexibility index (Phi) is 3.83. The summed E-state index contributed by atoms with van der Waals surface area (Å²) < 4.78 is 13.5. The molecule has 17 heavy (non-hydrogen) atoms. The highest BCUT2D eigenvalue weighted by Crippen LogP contribution is 2.25. The summed E-state index contributed by atoms with van der Waals surface area (Å²) in [6.45, 7) is 0.575. The summed E-state index contributed by atoms with van der Waals surface area (Å²) in [4.78, 5) is 15.3. The van der Waals surface area contributed by atoms with Crippen LogP contribution >= 0.6 is 11.8 Å². The largest absolute Gasteiger partial charge is 0.381 e. The van der Waals surface area contributed by atoms with Gasteiger partial charge >= 0.3 is 0 Å². The molecular weight excluding hydrogens is 241 g/mol. The number of anilines is 1. The first kappa shape index (κ1) is 12.2. The molecule has 0 aliphatic carbocycles. The van der Waals surface area contributed by atoms with E-state index >= 15 is 0 Å². The molecule has 3 N–H and O–H groups in total. The Labute approximate surface area is 103 Å². The minimum atomic E-state index is -0.746. The van der Waals surface area contributed by atoms with Crippen molar-refractivity contribution >= 4 is 23.5 Å². The Bertz CT molecular complexity index is 421. The molecule has 1 aromatic heterocycles. The van der Waals surface area contributed by atoms with E-state index in [9.17, 15) is 9.18 Å². The lowest BCUT2D eigenvalue weighted by molar-refractivity contribution is 0.0949. The number of thioether (sulfide) groups is 1. The predicted molar refractivity (Wildman–Crippen MR) is 66.4 cm³/mol. The molecule has 6 heteroatoms. The van der Waals surface area contributed by atoms with Crippen molar-refractivity contribution in [1.29, 1.82) is 0 Å². The van der Waals surface area contributed by atoms with Gasteiger partial charge in [-0.2, -0.15) is 11.8 Å². The van der Waals surface area contributed by atoms with E-state index in [1.165, 1.54) is 18.7 Å². The van der Waals surface area contributed by atoms with Crippen LogP contribution in [-0.2, 0) is 0 Å². The molecule has 1 aliphatic heterocycles. The number of halogens is 1. The second kappa shape index (κ2) is 5.35. The van der Waals surface area contributed by atoms with Gasteiger partial charge in [0.15, 0.2) is 11.6 Å². The quantitative estimate of drug-likeness (QED) is 0.857. The van der Waals surface area contributed by atoms with Gasteiger partial charge in [-0.15, -0.1) is 0 Å². The van der Waals surface area contributed by atoms with Crippen LogP contribution in [0.4, 0.5) is 10.2 Å². The van der Waals surface area contributed by atoms with E-state index in [-0.39, 0.29) is 11.4 Å². The van der Waals surface area contributed by atoms with Crippen LogP contribution in [0.2, 0.25) is 0 Å². The zero-order valence-corrected chi connectivity index (χ0v) is 10.1. The van der Waals surface area contributed by atoms with E-state index in [4.69, 9.17) is 5.73 Å². The van der Waals surface area contributed by atoms with Crippen LogP contribution in [0.15, 0.2) is 12.3 Å². The van der Waals surface area contributed by atoms with Crippen molar-refractivity contribution in [2.24, 2.45) is 0 Å². The fourth-order valence-electron chi connectivity index (χ4n) is 1.74. The molecule has 1 amide bonds. The number of nitrogens with zero attached hydrogens (tertiary/aromatic N) is 1. The van der Waals surface area contributed by atoms with Gasteiger partial charge in [-0.05, 0) is 24.7 Å². The molecule has 1 saturated heterocycles. The third-order valence-electron chi connectivity index (χ3n) is 2.68. The lowest BCUT2D eigenvalue weighted by Crippen LogP contribution is -2.30. The number of hydrogen-bond donors (Lipinski definition) is 2. The summed E-state index contributed by atoms with van der Waals surface area (Å²) in [5, 5.41) is 3.17. The van der Waals surface area contributed by atoms with E-state index in [0.717, 1.165) is 12.2 Å². The van der Waals surface area contributed by atoms with Crippen LogP contribution in [0, 0.1) is 5.82 Å². The molecule has 0 radical (unpaired) electrons. The van der Waals surface area contributed by atoms with Gasteiger partial charge < -0.3 is 11.1 Å². The molecule has 0 saturated carbocycles. The third kappa shape index (κ3) is 2.88. The first-order valence-corrected chi connectivity index (χ1v) is 6.53. The number of amides is 1. The van der Waals surface area contributed by atoms with E-state index < -0.39 is 11.7 Å². The van der Waals surface area contributed by atoms with Crippen molar-refractivity contribution in [2.75, 3.05) is 18.0 Å². The van der Waals surface area contributed by atoms with E-state index in [1.807, 2.05) is 11.8 Å². The zero-order chi connectivity index (χ0) is 12.3. The highest BCUT2D eigenvalue weighted by molar-refractivity contribution is 8.00. The topological polar surface area (TPSA) is 68.0 Å². The molecule has 1 aliphatic rings. The summed E-state index contributed by atoms with van der Waals surface area (Å²) in [5.41, 5.74) is 5.27. The fourth-order valence-corrected chi connectivity index (χ4v) is 2.94. The first-order chi connectivity index (χ1) is 8.18. The van der Waals surface area contributed by atoms with Gasteiger partial charge in [0.1, 0.15) is 0 Å². The van der Waals surface area contributed by atoms with Gasteiger partial charge in [-0.1, -0.05) is 0 Å². The third-order valence-corrected chi connectivity index (χ3v) is 4.07. The molecule has 1 aromatic rings. The fraction of sp³-hybridized carbons (Fsp3) is 0.455. The molecule has 1 atom stereocenters. The van der Waals surface area contributed by atoms with E-state index in [2.05, 4.69) is 10.3 Å². The Hall–Kier alpha value is -1.30. The maximum atomic E-state index is 13.5. The highest BCUT2D eigenvalue weighted by atomic mass is 32.2. The second-order valence-electron chi connectivity index (χ2n) is 3.90. The van der Waals surface area contributed by atoms with Crippen LogP contribution in [0.3, 0.4) is 0 Å². The number of nitrogens with one attached hydrogen (secondary N) is 1. The van der Waals surface area contributed by atoms with Crippen molar-refractivity contribution in [1.82, 2.24) is 10.3 Å². The highest BCUT2D eigenvalue weighted by Gasteiger charge is 2.18. The number of rotatable bonds is 3. The average Bonchev–Trinajstić information content (AvgIpc) is 2.82. The standard InChI is InChI=1S/C11H14FN3OS/c12-9-8(3-4-14-10(9)13)11(16)15-6-7-2-1-5-17-7/h3-4,7H,1-2,5-6H2,(H2,13,14)(H,15,16). The summed E-state index contributed by atoms with van der Waals surface area (Å²) >= 11 is 1.84. The molecule has 92 valence electrons. The summed E-state index contributed by atoms with van der Waals surface area (Å²) in [7, 11) is 0. The number of carbonyl (C=O) groups excluding carboxylic acids is 1. The number of aromatic nitrogens is 1. The van der Waals surface area contributed by atoms with Crippen molar-refractivity contribution in [3.05, 3.63) is 23.6 Å². The van der Waals surface area contributed by atoms with Crippen molar-refractivity contribution < 1.29 is 9.18 Å². The molecule has 0 spiro atoms. The van der Waals surface area contributed by atoms with Crippen molar-refractivity contribution in [3.63, 3.8) is 0 Å². The number of pyridine rings is 1. The van der Waals surface area contributed by atoms with Crippen molar-refractivity contribution in [2.45, 2.75) is 18.1 Å². The van der Waals surface area contributed by atoms with Gasteiger partial charge in [0.05, 0.1) is 5.56 Å². The van der Waals surface area contributed by atoms with Crippen LogP contribution in [0.1, 0.15) is 23.2 Å². The second-order valence-corrected chi connectivity index (χ2v) is 5.31. The molecule has 0 aromatic carbocycles. The molecule has 4 nitrogen and oxygen atoms in total. The monoisotopic (exact) mass is 255 g/mol. The molecule has 1 fully saturated rings. The van der Waals surface area contributed by atoms with Crippen LogP contribution in [-0.4, -0.2) is 28.4 Å². The summed E-state index contributed by atoms with van der Waals surface area (Å²) in [6.07, 6.45) is 3.62. The molecule has 2 rings (SSSR count). The van der Waals surface area contributed by atoms with E-state index in [1.54, 1.807) is 0 Å². The Morgan fingerprint density at radius 3 is 3.24 bits per heavy atom. The minimum absolute atomic E-state index is 0.0412. The normalized spacial score (nSPS) is 19.2. The smallest absolute Gasteiger partial charge is 0.254 e. The maximum Gasteiger partial charge on any atom is 0.254 e. The van der Waals surface area contributed by atoms with Crippen LogP contribution in [0.5, 0.6) is 0 Å². The summed E-state index contributed by atoms with van der Waals surface area (Å²) in [5.74, 6) is -0.280. The molecular formula is C11H14FN3OS. The number of nitrogens with two attached hydrogens (primary N) is 1. The van der Waals surface area contributed by atoms with Crippen molar-refractivity contribution in [3.8, 4) is 0 Å². The zero-order valence-electron chi connectivity index (χ0n) is 9.28. The number of nitrogen functional groups attached to an aromatic ring is 1. The van der Waals surface area contributed by atoms with Gasteiger partial charge in [0.2, 0.25) is 0 Å². The number of carbonyl (C=O) groups is 1. The Morgan fingerprint density at radius 1 is 1.71 bits per heavy atom. The van der Waals surface area contributed by atoms with Crippen LogP contribution in [0.25, 0.3) is 0 Å². The van der Waals surface area contributed by atoms with Gasteiger partial charge in [0.25, 0.3) is 5.91 Å². The maximum absolute atomic E-state index is 13.5. The van der Waals surface area contributed by atoms with E-state index in [0.29, 0.717) is 11.8 Å². The van der Waals surface area contributed by atoms with Gasteiger partial charge in [0, 0.05) is 18.0 Å².